The molecule has 0 aromatic carbocycles. The van der Waals surface area contributed by atoms with Gasteiger partial charge in [0.2, 0.25) is 5.91 Å². The molecule has 1 aliphatic heterocycles. The van der Waals surface area contributed by atoms with Crippen LogP contribution in [0.5, 0.6) is 0 Å². The van der Waals surface area contributed by atoms with Gasteiger partial charge in [0.15, 0.2) is 0 Å². The number of pyridine rings is 2. The van der Waals surface area contributed by atoms with Gasteiger partial charge in [0, 0.05) is 75.2 Å². The van der Waals surface area contributed by atoms with Crippen molar-refractivity contribution in [1.29, 1.82) is 0 Å². The van der Waals surface area contributed by atoms with Gasteiger partial charge in [0.25, 0.3) is 0 Å². The minimum Gasteiger partial charge on any atom is -0.386 e. The molecule has 0 bridgehead atoms. The number of aliphatic hydroxyl groups is 1. The van der Waals surface area contributed by atoms with Crippen LogP contribution < -0.4 is 4.90 Å². The van der Waals surface area contributed by atoms with Crippen LogP contribution in [-0.4, -0.2) is 67.7 Å². The largest absolute Gasteiger partial charge is 0.386 e. The minimum atomic E-state index is -0.940. The number of piperidine rings is 1. The number of amides is 1. The maximum absolute atomic E-state index is 12.6. The average molecular weight is 409 g/mol. The predicted octanol–water partition coefficient (Wildman–Crippen LogP) is 2.10. The summed E-state index contributed by atoms with van der Waals surface area (Å²) < 4.78 is 1.97. The van der Waals surface area contributed by atoms with Gasteiger partial charge < -0.3 is 19.5 Å². The molecular weight excluding hydrogens is 380 g/mol. The van der Waals surface area contributed by atoms with Gasteiger partial charge in [-0.15, -0.1) is 0 Å². The van der Waals surface area contributed by atoms with Crippen molar-refractivity contribution < 1.29 is 9.90 Å². The first-order valence-corrected chi connectivity index (χ1v) is 10.4. The average Bonchev–Trinajstić information content (AvgIpc) is 3.26. The Labute approximate surface area is 176 Å². The summed E-state index contributed by atoms with van der Waals surface area (Å²) in [5.74, 6) is 0.0548. The lowest BCUT2D eigenvalue weighted by Gasteiger charge is -2.42. The lowest BCUT2D eigenvalue weighted by atomic mass is 9.91. The van der Waals surface area contributed by atoms with Gasteiger partial charge in [-0.3, -0.25) is 14.8 Å². The number of β-amino-alcohol motifs (C(OH)–C–C–N with tert-alkyl or cyclic N) is 1. The molecule has 0 aliphatic carbocycles. The quantitative estimate of drug-likeness (QED) is 0.644. The van der Waals surface area contributed by atoms with Gasteiger partial charge in [0.1, 0.15) is 0 Å². The maximum Gasteiger partial charge on any atom is 0.222 e. The first-order chi connectivity index (χ1) is 14.5. The number of likely N-dealkylation sites (N-methyl/N-ethyl adjacent to an activating group) is 1. The van der Waals surface area contributed by atoms with Crippen LogP contribution in [0.15, 0.2) is 49.4 Å². The summed E-state index contributed by atoms with van der Waals surface area (Å²) in [4.78, 5) is 29.1. The summed E-state index contributed by atoms with van der Waals surface area (Å²) in [6.45, 7) is 2.43. The van der Waals surface area contributed by atoms with E-state index in [9.17, 15) is 9.90 Å². The zero-order chi connectivity index (χ0) is 21.0. The van der Waals surface area contributed by atoms with Crippen LogP contribution >= 0.6 is 0 Å². The van der Waals surface area contributed by atoms with Crippen molar-refractivity contribution in [3.63, 3.8) is 0 Å². The second-order valence-corrected chi connectivity index (χ2v) is 8.13. The van der Waals surface area contributed by atoms with Crippen LogP contribution in [-0.2, 0) is 11.3 Å². The molecule has 3 aromatic rings. The normalized spacial score (nSPS) is 19.2. The van der Waals surface area contributed by atoms with Crippen molar-refractivity contribution >= 4 is 22.5 Å². The molecule has 0 spiro atoms. The molecule has 8 heteroatoms. The molecule has 4 heterocycles. The molecule has 1 amide bonds. The fraction of sp³-hybridized carbons (Fsp3) is 0.455. The fourth-order valence-electron chi connectivity index (χ4n) is 4.25. The Bertz CT molecular complexity index is 987. The summed E-state index contributed by atoms with van der Waals surface area (Å²) >= 11 is 0. The van der Waals surface area contributed by atoms with Crippen LogP contribution in [0.3, 0.4) is 0 Å². The third-order valence-electron chi connectivity index (χ3n) is 5.74. The number of carbonyl (C=O) groups excluding carboxylic acids is 1. The number of nitrogens with zero attached hydrogens (tertiary/aromatic N) is 6. The minimum absolute atomic E-state index is 0.0548. The van der Waals surface area contributed by atoms with Crippen molar-refractivity contribution in [2.45, 2.75) is 37.8 Å². The first-order valence-electron chi connectivity index (χ1n) is 10.4. The van der Waals surface area contributed by atoms with Crippen molar-refractivity contribution in [3.05, 3.63) is 49.4 Å². The van der Waals surface area contributed by atoms with E-state index in [1.165, 1.54) is 0 Å². The SMILES string of the molecule is CN(CC1(O)CCCN(c2ccnc3ccncc23)C1)C(=O)CCCn1ccnc1. The van der Waals surface area contributed by atoms with Gasteiger partial charge in [-0.25, -0.2) is 4.98 Å². The Morgan fingerprint density at radius 2 is 2.17 bits per heavy atom. The van der Waals surface area contributed by atoms with E-state index in [0.29, 0.717) is 25.9 Å². The Balaban J connectivity index is 1.38. The molecular formula is C22H28N6O2. The summed E-state index contributed by atoms with van der Waals surface area (Å²) in [5.41, 5.74) is 0.979. The lowest BCUT2D eigenvalue weighted by Crippen LogP contribution is -2.54. The molecule has 30 heavy (non-hydrogen) atoms. The molecule has 1 atom stereocenters. The van der Waals surface area contributed by atoms with E-state index in [4.69, 9.17) is 0 Å². The van der Waals surface area contributed by atoms with E-state index < -0.39 is 5.60 Å². The molecule has 1 aliphatic rings. The highest BCUT2D eigenvalue weighted by atomic mass is 16.3. The molecule has 1 saturated heterocycles. The highest BCUT2D eigenvalue weighted by Gasteiger charge is 2.35. The van der Waals surface area contributed by atoms with E-state index in [1.807, 2.05) is 29.1 Å². The zero-order valence-corrected chi connectivity index (χ0v) is 17.3. The van der Waals surface area contributed by atoms with Crippen LogP contribution in [0.1, 0.15) is 25.7 Å². The number of aromatic nitrogens is 4. The first kappa shape index (κ1) is 20.3. The van der Waals surface area contributed by atoms with Crippen molar-refractivity contribution in [3.8, 4) is 0 Å². The van der Waals surface area contributed by atoms with Crippen molar-refractivity contribution in [2.75, 3.05) is 31.6 Å². The summed E-state index contributed by atoms with van der Waals surface area (Å²) in [5, 5.41) is 12.3. The molecule has 1 N–H and O–H groups in total. The fourth-order valence-corrected chi connectivity index (χ4v) is 4.25. The monoisotopic (exact) mass is 408 g/mol. The second kappa shape index (κ2) is 8.79. The molecule has 0 saturated carbocycles. The third-order valence-corrected chi connectivity index (χ3v) is 5.74. The predicted molar refractivity (Wildman–Crippen MR) is 115 cm³/mol. The van der Waals surface area contributed by atoms with E-state index in [-0.39, 0.29) is 5.91 Å². The highest BCUT2D eigenvalue weighted by molar-refractivity contribution is 5.90. The summed E-state index contributed by atoms with van der Waals surface area (Å²) in [6, 6.07) is 3.87. The number of imidazole rings is 1. The number of rotatable bonds is 7. The van der Waals surface area contributed by atoms with Crippen LogP contribution in [0.2, 0.25) is 0 Å². The number of aryl methyl sites for hydroxylation is 1. The Hall–Kier alpha value is -3.00. The maximum atomic E-state index is 12.6. The highest BCUT2D eigenvalue weighted by Crippen LogP contribution is 2.31. The lowest BCUT2D eigenvalue weighted by molar-refractivity contribution is -0.133. The number of hydrogen-bond donors (Lipinski definition) is 1. The third kappa shape index (κ3) is 4.59. The van der Waals surface area contributed by atoms with Gasteiger partial charge in [-0.05, 0) is 31.4 Å². The molecule has 1 unspecified atom stereocenters. The molecule has 158 valence electrons. The van der Waals surface area contributed by atoms with Gasteiger partial charge in [-0.1, -0.05) is 0 Å². The molecule has 8 nitrogen and oxygen atoms in total. The van der Waals surface area contributed by atoms with Gasteiger partial charge in [0.05, 0.1) is 24.0 Å². The number of hydrogen-bond acceptors (Lipinski definition) is 6. The second-order valence-electron chi connectivity index (χ2n) is 8.13. The van der Waals surface area contributed by atoms with E-state index in [0.717, 1.165) is 42.5 Å². The summed E-state index contributed by atoms with van der Waals surface area (Å²) in [7, 11) is 1.78. The Morgan fingerprint density at radius 3 is 3.00 bits per heavy atom. The van der Waals surface area contributed by atoms with Crippen molar-refractivity contribution in [2.24, 2.45) is 0 Å². The molecule has 1 fully saturated rings. The number of anilines is 1. The summed E-state index contributed by atoms with van der Waals surface area (Å²) in [6.07, 6.45) is 13.5. The standard InChI is InChI=1S/C22H28N6O2/c1-26(21(29)4-2-11-27-13-10-24-17-27)15-22(30)7-3-12-28(16-22)20-6-9-25-19-5-8-23-14-18(19)20/h5-6,8-10,13-14,17,30H,2-4,7,11-12,15-16H2,1H3. The van der Waals surface area contributed by atoms with Gasteiger partial charge in [-0.2, -0.15) is 0 Å². The van der Waals surface area contributed by atoms with Gasteiger partial charge >= 0.3 is 0 Å². The van der Waals surface area contributed by atoms with Crippen LogP contribution in [0, 0.1) is 0 Å². The van der Waals surface area contributed by atoms with Crippen LogP contribution in [0.25, 0.3) is 10.9 Å². The van der Waals surface area contributed by atoms with E-state index in [2.05, 4.69) is 19.9 Å². The smallest absolute Gasteiger partial charge is 0.222 e. The Kier molecular flexibility index (Phi) is 5.94. The Morgan fingerprint density at radius 1 is 1.27 bits per heavy atom. The molecule has 0 radical (unpaired) electrons. The topological polar surface area (TPSA) is 87.4 Å². The molecule has 3 aromatic heterocycles. The number of carbonyl (C=O) groups is 1. The van der Waals surface area contributed by atoms with Crippen molar-refractivity contribution in [1.82, 2.24) is 24.4 Å². The van der Waals surface area contributed by atoms with Crippen LogP contribution in [0.4, 0.5) is 5.69 Å². The van der Waals surface area contributed by atoms with E-state index >= 15 is 0 Å². The zero-order valence-electron chi connectivity index (χ0n) is 17.3. The van der Waals surface area contributed by atoms with E-state index in [1.54, 1.807) is 36.9 Å². The number of fused-ring (bicyclic) bond motifs is 1. The molecule has 4 rings (SSSR count).